The maximum atomic E-state index is 13.2. The van der Waals surface area contributed by atoms with Gasteiger partial charge in [0, 0.05) is 29.1 Å². The lowest BCUT2D eigenvalue weighted by molar-refractivity contribution is -0.175. The average Bonchev–Trinajstić information content (AvgIpc) is 2.87. The largest absolute Gasteiger partial charge is 0.392 e. The Morgan fingerprint density at radius 3 is 2.48 bits per heavy atom. The summed E-state index contributed by atoms with van der Waals surface area (Å²) < 4.78 is 0. The Morgan fingerprint density at radius 2 is 1.87 bits per heavy atom. The molecule has 3 unspecified atom stereocenters. The predicted octanol–water partition coefficient (Wildman–Crippen LogP) is 3.55. The first kappa shape index (κ1) is 16.9. The van der Waals surface area contributed by atoms with Crippen LogP contribution in [0.5, 0.6) is 0 Å². The van der Waals surface area contributed by atoms with Crippen LogP contribution in [-0.2, 0) is 9.59 Å². The molecule has 3 fully saturated rings. The van der Waals surface area contributed by atoms with E-state index >= 15 is 0 Å². The Kier molecular flexibility index (Phi) is 3.68. The summed E-state index contributed by atoms with van der Waals surface area (Å²) in [7, 11) is 0. The van der Waals surface area contributed by atoms with E-state index in [4.69, 9.17) is 0 Å². The van der Waals surface area contributed by atoms with Crippen LogP contribution in [0.2, 0.25) is 0 Å². The first-order chi connectivity index (χ1) is 10.6. The van der Waals surface area contributed by atoms with Crippen LogP contribution in [0.4, 0.5) is 0 Å². The second-order valence-electron chi connectivity index (χ2n) is 8.87. The van der Waals surface area contributed by atoms with Crippen molar-refractivity contribution in [1.29, 1.82) is 0 Å². The Morgan fingerprint density at radius 1 is 1.22 bits per heavy atom. The fraction of sp³-hybridized carbons (Fsp3) is 0.800. The first-order valence-corrected chi connectivity index (χ1v) is 9.02. The van der Waals surface area contributed by atoms with Gasteiger partial charge in [0.1, 0.15) is 11.6 Å². The molecule has 0 amide bonds. The van der Waals surface area contributed by atoms with Crippen molar-refractivity contribution >= 4 is 11.6 Å². The second kappa shape index (κ2) is 5.02. The SMILES string of the molecule is C=C[C@]1(C)C[C@@H](O)[C@@]2(C)C(C)CCC3(CCC(=O)C32)[C@@H](C)C1=O. The molecule has 3 rings (SSSR count). The molecular formula is C20H30O3. The monoisotopic (exact) mass is 318 g/mol. The molecule has 2 bridgehead atoms. The molecule has 0 aromatic carbocycles. The van der Waals surface area contributed by atoms with Crippen LogP contribution in [0.15, 0.2) is 12.7 Å². The number of Topliss-reactive ketones (excluding diaryl/α,β-unsaturated/α-hetero) is 2. The Hall–Kier alpha value is -0.960. The molecule has 0 aromatic heterocycles. The van der Waals surface area contributed by atoms with E-state index < -0.39 is 16.9 Å². The fourth-order valence-corrected chi connectivity index (χ4v) is 6.15. The van der Waals surface area contributed by atoms with Gasteiger partial charge < -0.3 is 5.11 Å². The molecule has 3 aliphatic carbocycles. The van der Waals surface area contributed by atoms with Crippen LogP contribution < -0.4 is 0 Å². The molecule has 3 nitrogen and oxygen atoms in total. The van der Waals surface area contributed by atoms with Crippen LogP contribution >= 0.6 is 0 Å². The molecule has 0 saturated heterocycles. The highest BCUT2D eigenvalue weighted by Crippen LogP contribution is 2.66. The highest BCUT2D eigenvalue weighted by atomic mass is 16.3. The molecule has 3 saturated carbocycles. The molecule has 0 spiro atoms. The highest BCUT2D eigenvalue weighted by Gasteiger charge is 2.67. The number of aliphatic hydroxyl groups excluding tert-OH is 1. The van der Waals surface area contributed by atoms with Gasteiger partial charge in [0.25, 0.3) is 0 Å². The molecule has 7 atom stereocenters. The van der Waals surface area contributed by atoms with Crippen molar-refractivity contribution in [2.75, 3.05) is 0 Å². The van der Waals surface area contributed by atoms with Crippen molar-refractivity contribution in [3.8, 4) is 0 Å². The summed E-state index contributed by atoms with van der Waals surface area (Å²) >= 11 is 0. The lowest BCUT2D eigenvalue weighted by Crippen LogP contribution is -2.61. The van der Waals surface area contributed by atoms with Gasteiger partial charge in [-0.3, -0.25) is 9.59 Å². The number of hydrogen-bond donors (Lipinski definition) is 1. The number of rotatable bonds is 1. The molecule has 128 valence electrons. The zero-order chi connectivity index (χ0) is 17.2. The second-order valence-corrected chi connectivity index (χ2v) is 8.87. The average molecular weight is 318 g/mol. The molecule has 0 aromatic rings. The molecule has 0 radical (unpaired) electrons. The third-order valence-electron chi connectivity index (χ3n) is 8.06. The zero-order valence-corrected chi connectivity index (χ0v) is 14.9. The lowest BCUT2D eigenvalue weighted by atomic mass is 9.44. The number of allylic oxidation sites excluding steroid dienone is 1. The van der Waals surface area contributed by atoms with E-state index in [2.05, 4.69) is 20.4 Å². The van der Waals surface area contributed by atoms with E-state index in [1.165, 1.54) is 0 Å². The van der Waals surface area contributed by atoms with Crippen molar-refractivity contribution in [1.82, 2.24) is 0 Å². The summed E-state index contributed by atoms with van der Waals surface area (Å²) in [6.07, 6.45) is 4.71. The van der Waals surface area contributed by atoms with Gasteiger partial charge in [0.2, 0.25) is 0 Å². The summed E-state index contributed by atoms with van der Waals surface area (Å²) in [6, 6.07) is 0. The van der Waals surface area contributed by atoms with Crippen molar-refractivity contribution in [3.05, 3.63) is 12.7 Å². The van der Waals surface area contributed by atoms with Crippen molar-refractivity contribution < 1.29 is 14.7 Å². The van der Waals surface area contributed by atoms with Crippen LogP contribution in [-0.4, -0.2) is 22.8 Å². The normalized spacial score (nSPS) is 53.4. The third kappa shape index (κ3) is 1.92. The van der Waals surface area contributed by atoms with Crippen molar-refractivity contribution in [2.24, 2.45) is 34.0 Å². The number of carbonyl (C=O) groups is 2. The Balaban J connectivity index is 2.23. The quantitative estimate of drug-likeness (QED) is 0.752. The lowest BCUT2D eigenvalue weighted by Gasteiger charge is -2.59. The van der Waals surface area contributed by atoms with Crippen molar-refractivity contribution in [2.45, 2.75) is 65.9 Å². The smallest absolute Gasteiger partial charge is 0.145 e. The van der Waals surface area contributed by atoms with Gasteiger partial charge in [-0.15, -0.1) is 6.58 Å². The summed E-state index contributed by atoms with van der Waals surface area (Å²) in [5.74, 6) is 0.373. The van der Waals surface area contributed by atoms with Crippen LogP contribution in [0.25, 0.3) is 0 Å². The summed E-state index contributed by atoms with van der Waals surface area (Å²) in [5, 5.41) is 11.1. The van der Waals surface area contributed by atoms with E-state index in [0.29, 0.717) is 12.8 Å². The summed E-state index contributed by atoms with van der Waals surface area (Å²) in [6.45, 7) is 12.1. The maximum absolute atomic E-state index is 13.2. The predicted molar refractivity (Wildman–Crippen MR) is 89.8 cm³/mol. The number of ketones is 2. The van der Waals surface area contributed by atoms with E-state index in [9.17, 15) is 14.7 Å². The van der Waals surface area contributed by atoms with E-state index in [-0.39, 0.29) is 34.7 Å². The van der Waals surface area contributed by atoms with E-state index in [1.54, 1.807) is 6.08 Å². The van der Waals surface area contributed by atoms with Crippen LogP contribution in [0, 0.1) is 34.0 Å². The van der Waals surface area contributed by atoms with Gasteiger partial charge in [-0.25, -0.2) is 0 Å². The molecule has 0 aliphatic heterocycles. The number of aliphatic hydroxyl groups is 1. The van der Waals surface area contributed by atoms with Gasteiger partial charge in [-0.05, 0) is 43.9 Å². The van der Waals surface area contributed by atoms with Gasteiger partial charge >= 0.3 is 0 Å². The molecule has 3 aliphatic rings. The molecular weight excluding hydrogens is 288 g/mol. The van der Waals surface area contributed by atoms with E-state index in [0.717, 1.165) is 19.3 Å². The molecule has 1 N–H and O–H groups in total. The van der Waals surface area contributed by atoms with Crippen LogP contribution in [0.3, 0.4) is 0 Å². The minimum atomic E-state index is -0.708. The zero-order valence-electron chi connectivity index (χ0n) is 14.9. The van der Waals surface area contributed by atoms with Gasteiger partial charge in [0.05, 0.1) is 6.10 Å². The molecule has 23 heavy (non-hydrogen) atoms. The third-order valence-corrected chi connectivity index (χ3v) is 8.06. The maximum Gasteiger partial charge on any atom is 0.145 e. The Labute approximate surface area is 139 Å². The number of hydrogen-bond acceptors (Lipinski definition) is 3. The molecule has 0 heterocycles. The first-order valence-electron chi connectivity index (χ1n) is 9.02. The van der Waals surface area contributed by atoms with E-state index in [1.807, 2.05) is 13.8 Å². The topological polar surface area (TPSA) is 54.4 Å². The van der Waals surface area contributed by atoms with Crippen molar-refractivity contribution in [3.63, 3.8) is 0 Å². The molecule has 3 heteroatoms. The summed E-state index contributed by atoms with van der Waals surface area (Å²) in [5.41, 5.74) is -1.41. The van der Waals surface area contributed by atoms with Gasteiger partial charge in [-0.2, -0.15) is 0 Å². The standard InChI is InChI=1S/C20H30O3/c1-6-18(4)11-15(22)19(5)12(2)7-9-20(13(3)17(18)23)10-8-14(21)16(19)20/h6,12-13,15-16,22H,1,7-11H2,2-5H3/t12?,13-,15+,16?,18+,19+,20?/m0/s1. The number of carbonyl (C=O) groups excluding carboxylic acids is 2. The van der Waals surface area contributed by atoms with Gasteiger partial charge in [0.15, 0.2) is 0 Å². The van der Waals surface area contributed by atoms with Gasteiger partial charge in [-0.1, -0.05) is 26.8 Å². The minimum absolute atomic E-state index is 0.152. The summed E-state index contributed by atoms with van der Waals surface area (Å²) in [4.78, 5) is 26.1. The highest BCUT2D eigenvalue weighted by molar-refractivity contribution is 5.92. The van der Waals surface area contributed by atoms with Crippen LogP contribution in [0.1, 0.15) is 59.8 Å². The fourth-order valence-electron chi connectivity index (χ4n) is 6.15. The Bertz CT molecular complexity index is 567. The minimum Gasteiger partial charge on any atom is -0.392 e.